The molecule has 8 nitrogen and oxygen atoms in total. The summed E-state index contributed by atoms with van der Waals surface area (Å²) in [6.07, 6.45) is 7.76. The molecule has 3 aliphatic rings. The Bertz CT molecular complexity index is 1100. The molecule has 1 aliphatic carbocycles. The van der Waals surface area contributed by atoms with Crippen LogP contribution in [0.1, 0.15) is 57.8 Å². The van der Waals surface area contributed by atoms with E-state index in [-0.39, 0.29) is 22.0 Å². The van der Waals surface area contributed by atoms with Crippen molar-refractivity contribution in [1.29, 1.82) is 0 Å². The van der Waals surface area contributed by atoms with Crippen molar-refractivity contribution in [2.45, 2.75) is 48.9 Å². The van der Waals surface area contributed by atoms with Gasteiger partial charge in [0.05, 0.1) is 12.1 Å². The lowest BCUT2D eigenvalue weighted by molar-refractivity contribution is 0.0642. The van der Waals surface area contributed by atoms with E-state index in [0.717, 1.165) is 29.3 Å². The van der Waals surface area contributed by atoms with Gasteiger partial charge in [-0.3, -0.25) is 24.4 Å². The summed E-state index contributed by atoms with van der Waals surface area (Å²) in [6.45, 7) is 2.57. The average molecular weight is 475 g/mol. The van der Waals surface area contributed by atoms with Crippen molar-refractivity contribution >= 4 is 33.2 Å². The molecule has 2 fully saturated rings. The quantitative estimate of drug-likeness (QED) is 0.619. The molecule has 1 saturated carbocycles. The number of aromatic nitrogens is 1. The van der Waals surface area contributed by atoms with Crippen molar-refractivity contribution in [2.75, 3.05) is 26.2 Å². The van der Waals surface area contributed by atoms with Gasteiger partial charge < -0.3 is 0 Å². The van der Waals surface area contributed by atoms with Crippen LogP contribution in [0.25, 0.3) is 0 Å². The number of rotatable bonds is 5. The lowest BCUT2D eigenvalue weighted by Gasteiger charge is -2.40. The maximum Gasteiger partial charge on any atom is 0.280 e. The third-order valence-electron chi connectivity index (χ3n) is 6.64. The van der Waals surface area contributed by atoms with Gasteiger partial charge in [0.25, 0.3) is 21.8 Å². The number of nitrogens with zero attached hydrogens (tertiary/aromatic N) is 4. The summed E-state index contributed by atoms with van der Waals surface area (Å²) in [7, 11) is -3.59. The maximum absolute atomic E-state index is 13.2. The first-order valence-corrected chi connectivity index (χ1v) is 13.3. The molecule has 0 radical (unpaired) electrons. The van der Waals surface area contributed by atoms with E-state index in [1.165, 1.54) is 38.3 Å². The molecule has 4 heterocycles. The normalized spacial score (nSPS) is 21.3. The Morgan fingerprint density at radius 3 is 2.44 bits per heavy atom. The summed E-state index contributed by atoms with van der Waals surface area (Å²) in [6, 6.07) is 7.07. The van der Waals surface area contributed by atoms with Gasteiger partial charge in [-0.05, 0) is 37.1 Å². The summed E-state index contributed by atoms with van der Waals surface area (Å²) in [4.78, 5) is 33.3. The third-order valence-corrected chi connectivity index (χ3v) is 10.1. The standard InChI is InChI=1S/C22H26N4O4S2/c27-21-18-7-4-10-23-20(18)22(28)26(21)15-17-8-9-19(31-17)32(29,30)25-13-11-24(12-14-25)16-5-2-1-3-6-16/h4,7-10,16H,1-3,5-6,11-15H2. The largest absolute Gasteiger partial charge is 0.298 e. The lowest BCUT2D eigenvalue weighted by Crippen LogP contribution is -2.52. The van der Waals surface area contributed by atoms with Gasteiger partial charge in [0.15, 0.2) is 0 Å². The second-order valence-electron chi connectivity index (χ2n) is 8.55. The monoisotopic (exact) mass is 474 g/mol. The van der Waals surface area contributed by atoms with Gasteiger partial charge in [0, 0.05) is 43.3 Å². The van der Waals surface area contributed by atoms with E-state index in [9.17, 15) is 18.0 Å². The van der Waals surface area contributed by atoms with Crippen LogP contribution in [-0.4, -0.2) is 71.5 Å². The van der Waals surface area contributed by atoms with Gasteiger partial charge in [-0.1, -0.05) is 19.3 Å². The SMILES string of the molecule is O=C1c2cccnc2C(=O)N1Cc1ccc(S(=O)(=O)N2CCN(C3CCCCC3)CC2)s1. The van der Waals surface area contributed by atoms with Crippen molar-refractivity contribution < 1.29 is 18.0 Å². The summed E-state index contributed by atoms with van der Waals surface area (Å²) < 4.78 is 28.2. The minimum Gasteiger partial charge on any atom is -0.298 e. The van der Waals surface area contributed by atoms with Gasteiger partial charge in [-0.25, -0.2) is 8.42 Å². The van der Waals surface area contributed by atoms with E-state index in [0.29, 0.717) is 24.0 Å². The first-order chi connectivity index (χ1) is 15.4. The van der Waals surface area contributed by atoms with Crippen molar-refractivity contribution in [1.82, 2.24) is 19.1 Å². The first-order valence-electron chi connectivity index (χ1n) is 11.1. The summed E-state index contributed by atoms with van der Waals surface area (Å²) >= 11 is 1.12. The van der Waals surface area contributed by atoms with Crippen LogP contribution in [0.5, 0.6) is 0 Å². The van der Waals surface area contributed by atoms with Crippen molar-refractivity contribution in [2.24, 2.45) is 0 Å². The van der Waals surface area contributed by atoms with Gasteiger partial charge in [0.1, 0.15) is 9.90 Å². The molecule has 0 unspecified atom stereocenters. The molecule has 10 heteroatoms. The second-order valence-corrected chi connectivity index (χ2v) is 11.9. The lowest BCUT2D eigenvalue weighted by atomic mass is 9.94. The number of sulfonamides is 1. The summed E-state index contributed by atoms with van der Waals surface area (Å²) in [5.74, 6) is -0.836. The van der Waals surface area contributed by atoms with E-state index in [4.69, 9.17) is 0 Å². The number of hydrogen-bond donors (Lipinski definition) is 0. The molecule has 2 aliphatic heterocycles. The molecular formula is C22H26N4O4S2. The van der Waals surface area contributed by atoms with E-state index >= 15 is 0 Å². The zero-order chi connectivity index (χ0) is 22.3. The number of hydrogen-bond acceptors (Lipinski definition) is 7. The molecule has 0 bridgehead atoms. The van der Waals surface area contributed by atoms with E-state index in [2.05, 4.69) is 9.88 Å². The molecule has 0 atom stereocenters. The smallest absolute Gasteiger partial charge is 0.280 e. The Morgan fingerprint density at radius 1 is 0.969 bits per heavy atom. The van der Waals surface area contributed by atoms with Crippen molar-refractivity contribution in [3.63, 3.8) is 0 Å². The predicted molar refractivity (Wildman–Crippen MR) is 120 cm³/mol. The Labute approximate surface area is 191 Å². The number of carbonyl (C=O) groups excluding carboxylic acids is 2. The number of piperazine rings is 1. The number of thiophene rings is 1. The molecule has 5 rings (SSSR count). The Kier molecular flexibility index (Phi) is 5.87. The van der Waals surface area contributed by atoms with Crippen LogP contribution in [0.2, 0.25) is 0 Å². The number of pyridine rings is 1. The highest BCUT2D eigenvalue weighted by atomic mass is 32.2. The van der Waals surface area contributed by atoms with Crippen LogP contribution in [0, 0.1) is 0 Å². The minimum atomic E-state index is -3.59. The molecule has 2 aromatic heterocycles. The van der Waals surface area contributed by atoms with E-state index < -0.39 is 21.8 Å². The van der Waals surface area contributed by atoms with Gasteiger partial charge in [-0.15, -0.1) is 11.3 Å². The first kappa shape index (κ1) is 21.7. The molecular weight excluding hydrogens is 448 g/mol. The molecule has 0 spiro atoms. The van der Waals surface area contributed by atoms with Crippen LogP contribution in [0.4, 0.5) is 0 Å². The summed E-state index contributed by atoms with van der Waals surface area (Å²) in [5, 5.41) is 0. The van der Waals surface area contributed by atoms with Crippen molar-refractivity contribution in [3.8, 4) is 0 Å². The summed E-state index contributed by atoms with van der Waals surface area (Å²) in [5.41, 5.74) is 0.440. The number of imide groups is 1. The fourth-order valence-electron chi connectivity index (χ4n) is 4.88. The Morgan fingerprint density at radius 2 is 1.72 bits per heavy atom. The molecule has 0 aromatic carbocycles. The predicted octanol–water partition coefficient (Wildman–Crippen LogP) is 2.58. The van der Waals surface area contributed by atoms with Crippen LogP contribution in [-0.2, 0) is 16.6 Å². The highest BCUT2D eigenvalue weighted by Gasteiger charge is 2.37. The molecule has 1 saturated heterocycles. The van der Waals surface area contributed by atoms with E-state index in [1.807, 2.05) is 0 Å². The number of fused-ring (bicyclic) bond motifs is 1. The topological polar surface area (TPSA) is 90.9 Å². The van der Waals surface area contributed by atoms with Gasteiger partial charge in [-0.2, -0.15) is 4.31 Å². The zero-order valence-corrected chi connectivity index (χ0v) is 19.4. The number of amides is 2. The van der Waals surface area contributed by atoms with Crippen LogP contribution in [0.15, 0.2) is 34.7 Å². The van der Waals surface area contributed by atoms with E-state index in [1.54, 1.807) is 28.6 Å². The minimum absolute atomic E-state index is 0.0453. The number of carbonyl (C=O) groups is 2. The molecule has 32 heavy (non-hydrogen) atoms. The van der Waals surface area contributed by atoms with Crippen LogP contribution in [0.3, 0.4) is 0 Å². The second kappa shape index (κ2) is 8.66. The van der Waals surface area contributed by atoms with Gasteiger partial charge in [0.2, 0.25) is 0 Å². The fourth-order valence-corrected chi connectivity index (χ4v) is 7.80. The molecule has 170 valence electrons. The maximum atomic E-state index is 13.2. The zero-order valence-electron chi connectivity index (χ0n) is 17.8. The van der Waals surface area contributed by atoms with Crippen LogP contribution >= 0.6 is 11.3 Å². The Balaban J connectivity index is 1.24. The van der Waals surface area contributed by atoms with Crippen LogP contribution < -0.4 is 0 Å². The highest BCUT2D eigenvalue weighted by molar-refractivity contribution is 7.91. The van der Waals surface area contributed by atoms with Gasteiger partial charge >= 0.3 is 0 Å². The molecule has 2 amide bonds. The van der Waals surface area contributed by atoms with Crippen molar-refractivity contribution in [3.05, 3.63) is 46.6 Å². The average Bonchev–Trinajstić information content (AvgIpc) is 3.40. The highest BCUT2D eigenvalue weighted by Crippen LogP contribution is 2.30. The Hall–Kier alpha value is -2.14. The third kappa shape index (κ3) is 3.89. The molecule has 2 aromatic rings. The molecule has 0 N–H and O–H groups in total. The fraction of sp³-hybridized carbons (Fsp3) is 0.500.